The Morgan fingerprint density at radius 2 is 1.95 bits per heavy atom. The lowest BCUT2D eigenvalue weighted by molar-refractivity contribution is -0.141. The van der Waals surface area contributed by atoms with Gasteiger partial charge in [-0.15, -0.1) is 0 Å². The summed E-state index contributed by atoms with van der Waals surface area (Å²) in [6.45, 7) is 1.82. The number of furan rings is 1. The van der Waals surface area contributed by atoms with Crippen LogP contribution in [0.2, 0.25) is 0 Å². The van der Waals surface area contributed by atoms with E-state index in [1.54, 1.807) is 18.2 Å². The van der Waals surface area contributed by atoms with Gasteiger partial charge in [0.2, 0.25) is 5.78 Å². The van der Waals surface area contributed by atoms with E-state index >= 15 is 0 Å². The Labute approximate surface area is 116 Å². The number of carboxylic acids is 1. The minimum Gasteiger partial charge on any atom is -0.481 e. The maximum Gasteiger partial charge on any atom is 0.307 e. The summed E-state index contributed by atoms with van der Waals surface area (Å²) in [6, 6.07) is 7.14. The van der Waals surface area contributed by atoms with E-state index in [0.29, 0.717) is 24.2 Å². The van der Waals surface area contributed by atoms with Crippen molar-refractivity contribution in [2.75, 3.05) is 0 Å². The molecule has 102 valence electrons. The molecule has 4 nitrogen and oxygen atoms in total. The van der Waals surface area contributed by atoms with Crippen LogP contribution in [0.5, 0.6) is 0 Å². The van der Waals surface area contributed by atoms with Gasteiger partial charge in [0.05, 0.1) is 12.2 Å². The molecule has 3 rings (SSSR count). The van der Waals surface area contributed by atoms with Gasteiger partial charge in [0, 0.05) is 5.56 Å². The summed E-state index contributed by atoms with van der Waals surface area (Å²) in [5.41, 5.74) is 3.32. The van der Waals surface area contributed by atoms with Crippen molar-refractivity contribution in [3.05, 3.63) is 58.5 Å². The highest BCUT2D eigenvalue weighted by atomic mass is 16.4. The number of aliphatic carboxylic acids is 1. The number of hydrogen-bond donors (Lipinski definition) is 1. The van der Waals surface area contributed by atoms with Crippen LogP contribution in [0.3, 0.4) is 0 Å². The van der Waals surface area contributed by atoms with Crippen LogP contribution >= 0.6 is 0 Å². The van der Waals surface area contributed by atoms with Gasteiger partial charge >= 0.3 is 5.97 Å². The van der Waals surface area contributed by atoms with Crippen LogP contribution in [0, 0.1) is 12.8 Å². The SMILES string of the molecule is Cc1ccoc1C(=O)c1ccc2c(c1)CC(C(=O)O)C2. The second-order valence-electron chi connectivity index (χ2n) is 5.19. The van der Waals surface area contributed by atoms with E-state index in [1.165, 1.54) is 6.26 Å². The molecular formula is C16H14O4. The van der Waals surface area contributed by atoms with E-state index in [0.717, 1.165) is 16.7 Å². The number of fused-ring (bicyclic) bond motifs is 1. The third kappa shape index (κ3) is 2.03. The summed E-state index contributed by atoms with van der Waals surface area (Å²) in [7, 11) is 0. The molecule has 1 aliphatic carbocycles. The zero-order chi connectivity index (χ0) is 14.3. The zero-order valence-corrected chi connectivity index (χ0v) is 11.1. The Hall–Kier alpha value is -2.36. The predicted octanol–water partition coefficient (Wildman–Crippen LogP) is 2.62. The summed E-state index contributed by atoms with van der Waals surface area (Å²) in [6.07, 6.45) is 2.53. The first-order chi connectivity index (χ1) is 9.56. The summed E-state index contributed by atoms with van der Waals surface area (Å²) >= 11 is 0. The molecule has 1 atom stereocenters. The average Bonchev–Trinajstić information content (AvgIpc) is 3.02. The van der Waals surface area contributed by atoms with Crippen molar-refractivity contribution in [1.82, 2.24) is 0 Å². The van der Waals surface area contributed by atoms with Crippen LogP contribution in [0.1, 0.15) is 32.8 Å². The van der Waals surface area contributed by atoms with Gasteiger partial charge in [-0.05, 0) is 48.6 Å². The number of carboxylic acid groups (broad SMARTS) is 1. The molecule has 0 fully saturated rings. The smallest absolute Gasteiger partial charge is 0.307 e. The molecule has 1 heterocycles. The molecule has 1 unspecified atom stereocenters. The fourth-order valence-electron chi connectivity index (χ4n) is 2.67. The molecule has 0 aliphatic heterocycles. The molecule has 4 heteroatoms. The number of carbonyl (C=O) groups is 2. The van der Waals surface area contributed by atoms with Crippen molar-refractivity contribution in [3.63, 3.8) is 0 Å². The molecule has 0 saturated heterocycles. The molecule has 0 radical (unpaired) electrons. The summed E-state index contributed by atoms with van der Waals surface area (Å²) < 4.78 is 5.22. The Kier molecular flexibility index (Phi) is 2.93. The first kappa shape index (κ1) is 12.7. The van der Waals surface area contributed by atoms with E-state index in [2.05, 4.69) is 0 Å². The number of ketones is 1. The maximum atomic E-state index is 12.3. The number of aryl methyl sites for hydroxylation is 1. The second kappa shape index (κ2) is 4.63. The van der Waals surface area contributed by atoms with Gasteiger partial charge in [0.15, 0.2) is 5.76 Å². The fourth-order valence-corrected chi connectivity index (χ4v) is 2.67. The molecule has 20 heavy (non-hydrogen) atoms. The van der Waals surface area contributed by atoms with Crippen LogP contribution in [-0.4, -0.2) is 16.9 Å². The van der Waals surface area contributed by atoms with Crippen molar-refractivity contribution >= 4 is 11.8 Å². The van der Waals surface area contributed by atoms with E-state index in [-0.39, 0.29) is 11.7 Å². The van der Waals surface area contributed by atoms with Crippen molar-refractivity contribution in [2.45, 2.75) is 19.8 Å². The van der Waals surface area contributed by atoms with Gasteiger partial charge in [-0.2, -0.15) is 0 Å². The molecule has 0 bridgehead atoms. The number of carbonyl (C=O) groups excluding carboxylic acids is 1. The third-order valence-corrected chi connectivity index (χ3v) is 3.82. The molecular weight excluding hydrogens is 256 g/mol. The van der Waals surface area contributed by atoms with Crippen molar-refractivity contribution < 1.29 is 19.1 Å². The van der Waals surface area contributed by atoms with Crippen LogP contribution in [-0.2, 0) is 17.6 Å². The van der Waals surface area contributed by atoms with Gasteiger partial charge in [-0.3, -0.25) is 9.59 Å². The number of benzene rings is 1. The van der Waals surface area contributed by atoms with E-state index < -0.39 is 5.97 Å². The fraction of sp³-hybridized carbons (Fsp3) is 0.250. The minimum atomic E-state index is -0.782. The zero-order valence-electron chi connectivity index (χ0n) is 11.1. The number of rotatable bonds is 3. The third-order valence-electron chi connectivity index (χ3n) is 3.82. The van der Waals surface area contributed by atoms with Crippen molar-refractivity contribution in [3.8, 4) is 0 Å². The van der Waals surface area contributed by atoms with E-state index in [4.69, 9.17) is 9.52 Å². The summed E-state index contributed by atoms with van der Waals surface area (Å²) in [4.78, 5) is 23.4. The summed E-state index contributed by atoms with van der Waals surface area (Å²) in [5.74, 6) is -0.969. The van der Waals surface area contributed by atoms with Gasteiger partial charge in [-0.1, -0.05) is 12.1 Å². The first-order valence-corrected chi connectivity index (χ1v) is 6.49. The molecule has 0 amide bonds. The minimum absolute atomic E-state index is 0.158. The van der Waals surface area contributed by atoms with E-state index in [1.807, 2.05) is 13.0 Å². The van der Waals surface area contributed by atoms with Gasteiger partial charge in [0.25, 0.3) is 0 Å². The van der Waals surface area contributed by atoms with Crippen LogP contribution in [0.15, 0.2) is 34.9 Å². The first-order valence-electron chi connectivity index (χ1n) is 6.49. The largest absolute Gasteiger partial charge is 0.481 e. The second-order valence-corrected chi connectivity index (χ2v) is 5.19. The van der Waals surface area contributed by atoms with E-state index in [9.17, 15) is 9.59 Å². The van der Waals surface area contributed by atoms with Crippen LogP contribution in [0.25, 0.3) is 0 Å². The molecule has 1 aromatic carbocycles. The number of hydrogen-bond acceptors (Lipinski definition) is 3. The van der Waals surface area contributed by atoms with Crippen LogP contribution < -0.4 is 0 Å². The van der Waals surface area contributed by atoms with Gasteiger partial charge in [-0.25, -0.2) is 0 Å². The Morgan fingerprint density at radius 3 is 2.60 bits per heavy atom. The van der Waals surface area contributed by atoms with Gasteiger partial charge < -0.3 is 9.52 Å². The Bertz CT molecular complexity index is 696. The highest BCUT2D eigenvalue weighted by Crippen LogP contribution is 2.28. The van der Waals surface area contributed by atoms with Crippen LogP contribution in [0.4, 0.5) is 0 Å². The molecule has 1 N–H and O–H groups in total. The maximum absolute atomic E-state index is 12.3. The van der Waals surface area contributed by atoms with Crippen molar-refractivity contribution in [2.24, 2.45) is 5.92 Å². The Balaban J connectivity index is 1.92. The quantitative estimate of drug-likeness (QED) is 0.870. The molecule has 1 aliphatic rings. The predicted molar refractivity (Wildman–Crippen MR) is 71.9 cm³/mol. The molecule has 1 aromatic heterocycles. The average molecular weight is 270 g/mol. The molecule has 0 saturated carbocycles. The normalized spacial score (nSPS) is 16.9. The Morgan fingerprint density at radius 1 is 1.20 bits per heavy atom. The van der Waals surface area contributed by atoms with Crippen molar-refractivity contribution in [1.29, 1.82) is 0 Å². The lowest BCUT2D eigenvalue weighted by atomic mass is 10.0. The highest BCUT2D eigenvalue weighted by molar-refractivity contribution is 6.08. The lowest BCUT2D eigenvalue weighted by Crippen LogP contribution is -2.12. The monoisotopic (exact) mass is 270 g/mol. The lowest BCUT2D eigenvalue weighted by Gasteiger charge is -2.03. The summed E-state index contributed by atoms with van der Waals surface area (Å²) in [5, 5.41) is 9.07. The standard InChI is InChI=1S/C16H14O4/c1-9-4-5-20-15(9)14(17)11-3-2-10-6-13(16(18)19)8-12(10)7-11/h2-5,7,13H,6,8H2,1H3,(H,18,19). The molecule has 0 spiro atoms. The molecule has 2 aromatic rings. The highest BCUT2D eigenvalue weighted by Gasteiger charge is 2.28. The van der Waals surface area contributed by atoms with Gasteiger partial charge in [0.1, 0.15) is 0 Å². The topological polar surface area (TPSA) is 67.5 Å².